The zero-order valence-corrected chi connectivity index (χ0v) is 23.1. The number of benzene rings is 1. The highest BCUT2D eigenvalue weighted by molar-refractivity contribution is 6.34. The molecule has 4 aliphatic rings. The van der Waals surface area contributed by atoms with Gasteiger partial charge in [0.05, 0.1) is 40.8 Å². The van der Waals surface area contributed by atoms with Crippen LogP contribution in [0.25, 0.3) is 0 Å². The predicted octanol–water partition coefficient (Wildman–Crippen LogP) is 3.04. The molecule has 1 aromatic rings. The summed E-state index contributed by atoms with van der Waals surface area (Å²) < 4.78 is 6.94. The zero-order valence-electron chi connectivity index (χ0n) is 22.3. The fraction of sp³-hybridized carbons (Fsp3) is 0.552. The van der Waals surface area contributed by atoms with Gasteiger partial charge < -0.3 is 24.5 Å². The van der Waals surface area contributed by atoms with Gasteiger partial charge in [-0.1, -0.05) is 75.2 Å². The predicted molar refractivity (Wildman–Crippen MR) is 145 cm³/mol. The van der Waals surface area contributed by atoms with Crippen LogP contribution in [-0.2, 0) is 19.1 Å². The van der Waals surface area contributed by atoms with Gasteiger partial charge in [-0.25, -0.2) is 0 Å². The number of para-hydroxylation sites is 1. The van der Waals surface area contributed by atoms with Gasteiger partial charge >= 0.3 is 0 Å². The van der Waals surface area contributed by atoms with E-state index >= 15 is 0 Å². The van der Waals surface area contributed by atoms with Gasteiger partial charge in [-0.15, -0.1) is 0 Å². The normalized spacial score (nSPS) is 34.1. The lowest BCUT2D eigenvalue weighted by molar-refractivity contribution is -0.153. The summed E-state index contributed by atoms with van der Waals surface area (Å²) in [7, 11) is 1.72. The van der Waals surface area contributed by atoms with Crippen LogP contribution in [0.5, 0.6) is 0 Å². The van der Waals surface area contributed by atoms with Crippen molar-refractivity contribution in [2.24, 2.45) is 17.8 Å². The topological polar surface area (TPSA) is 90.4 Å². The first kappa shape index (κ1) is 26.9. The Kier molecular flexibility index (Phi) is 6.95. The fourth-order valence-electron chi connectivity index (χ4n) is 6.88. The van der Waals surface area contributed by atoms with Crippen molar-refractivity contribution < 1.29 is 24.2 Å². The minimum atomic E-state index is -1.37. The van der Waals surface area contributed by atoms with E-state index in [0.717, 1.165) is 0 Å². The van der Waals surface area contributed by atoms with E-state index in [2.05, 4.69) is 0 Å². The highest BCUT2D eigenvalue weighted by Crippen LogP contribution is 2.59. The van der Waals surface area contributed by atoms with E-state index < -0.39 is 35.1 Å². The van der Waals surface area contributed by atoms with Gasteiger partial charge in [0.15, 0.2) is 0 Å². The van der Waals surface area contributed by atoms with Crippen molar-refractivity contribution in [3.63, 3.8) is 0 Å². The zero-order chi connectivity index (χ0) is 27.4. The second kappa shape index (κ2) is 9.81. The molecule has 0 radical (unpaired) electrons. The Balaban J connectivity index is 1.73. The maximum atomic E-state index is 14.6. The third kappa shape index (κ3) is 3.67. The summed E-state index contributed by atoms with van der Waals surface area (Å²) in [6.45, 7) is 6.24. The van der Waals surface area contributed by atoms with Crippen LogP contribution in [0.4, 0.5) is 5.69 Å². The van der Waals surface area contributed by atoms with E-state index in [4.69, 9.17) is 16.3 Å². The van der Waals surface area contributed by atoms with Gasteiger partial charge in [-0.3, -0.25) is 14.4 Å². The first-order valence-electron chi connectivity index (χ1n) is 13.5. The Morgan fingerprint density at radius 1 is 1.05 bits per heavy atom. The number of halogens is 1. The number of hydrogen-bond donors (Lipinski definition) is 1. The number of fused-ring (bicyclic) bond motifs is 2. The first-order valence-corrected chi connectivity index (χ1v) is 13.8. The molecule has 0 bridgehead atoms. The van der Waals surface area contributed by atoms with Crippen molar-refractivity contribution in [1.82, 2.24) is 9.80 Å². The molecule has 7 atom stereocenters. The Labute approximate surface area is 228 Å². The number of amides is 3. The van der Waals surface area contributed by atoms with Crippen LogP contribution >= 0.6 is 11.6 Å². The molecule has 2 saturated heterocycles. The van der Waals surface area contributed by atoms with E-state index in [1.807, 2.05) is 51.1 Å². The molecule has 1 spiro atoms. The Morgan fingerprint density at radius 2 is 1.76 bits per heavy atom. The van der Waals surface area contributed by atoms with Crippen LogP contribution in [0.1, 0.15) is 33.6 Å². The van der Waals surface area contributed by atoms with E-state index in [1.165, 1.54) is 4.90 Å². The molecule has 2 fully saturated rings. The number of carbonyl (C=O) groups excluding carboxylic acids is 3. The van der Waals surface area contributed by atoms with E-state index in [1.54, 1.807) is 35.0 Å². The third-order valence-electron chi connectivity index (χ3n) is 9.07. The van der Waals surface area contributed by atoms with Gasteiger partial charge in [-0.05, 0) is 24.5 Å². The third-order valence-corrected chi connectivity index (χ3v) is 9.39. The summed E-state index contributed by atoms with van der Waals surface area (Å²) >= 11 is 6.52. The minimum Gasteiger partial charge on any atom is -0.394 e. The van der Waals surface area contributed by atoms with Crippen LogP contribution < -0.4 is 4.90 Å². The molecular weight excluding hydrogens is 506 g/mol. The number of likely N-dealkylation sites (tertiary alicyclic amines) is 1. The number of hydrogen-bond acceptors (Lipinski definition) is 5. The number of aliphatic hydroxyl groups excluding tert-OH is 1. The van der Waals surface area contributed by atoms with Crippen molar-refractivity contribution in [2.75, 3.05) is 31.6 Å². The number of carbonyl (C=O) groups is 3. The average molecular weight is 542 g/mol. The first-order chi connectivity index (χ1) is 18.2. The molecule has 38 heavy (non-hydrogen) atoms. The smallest absolute Gasteiger partial charge is 0.253 e. The molecule has 5 rings (SSSR count). The van der Waals surface area contributed by atoms with Crippen molar-refractivity contribution in [2.45, 2.75) is 56.9 Å². The van der Waals surface area contributed by atoms with Crippen LogP contribution in [0.2, 0.25) is 5.02 Å². The second-order valence-corrected chi connectivity index (χ2v) is 11.3. The largest absolute Gasteiger partial charge is 0.394 e. The number of likely N-dealkylation sites (N-methyl/N-ethyl adjacent to an activating group) is 1. The molecule has 1 N–H and O–H groups in total. The molecule has 0 saturated carbocycles. The maximum absolute atomic E-state index is 14.6. The molecule has 8 nitrogen and oxygen atoms in total. The molecule has 0 aliphatic carbocycles. The number of nitrogens with zero attached hydrogens (tertiary/aromatic N) is 3. The van der Waals surface area contributed by atoms with Gasteiger partial charge in [0.1, 0.15) is 11.6 Å². The summed E-state index contributed by atoms with van der Waals surface area (Å²) in [6.07, 6.45) is 8.66. The Hall–Kier alpha value is -2.68. The van der Waals surface area contributed by atoms with Crippen LogP contribution in [0.15, 0.2) is 48.6 Å². The molecule has 0 aromatic heterocycles. The monoisotopic (exact) mass is 541 g/mol. The van der Waals surface area contributed by atoms with Crippen molar-refractivity contribution in [1.29, 1.82) is 0 Å². The molecule has 4 aliphatic heterocycles. The van der Waals surface area contributed by atoms with Crippen molar-refractivity contribution >= 4 is 35.0 Å². The number of anilines is 1. The molecule has 3 amide bonds. The summed E-state index contributed by atoms with van der Waals surface area (Å²) in [5.74, 6) is -2.63. The average Bonchev–Trinajstić information content (AvgIpc) is 3.21. The molecule has 4 heterocycles. The van der Waals surface area contributed by atoms with Gasteiger partial charge in [0.2, 0.25) is 11.8 Å². The fourth-order valence-corrected chi connectivity index (χ4v) is 7.12. The molecule has 1 unspecified atom stereocenters. The Morgan fingerprint density at radius 3 is 2.42 bits per heavy atom. The van der Waals surface area contributed by atoms with Crippen molar-refractivity contribution in [3.8, 4) is 0 Å². The number of aliphatic hydroxyl groups is 1. The lowest BCUT2D eigenvalue weighted by Gasteiger charge is -2.42. The van der Waals surface area contributed by atoms with E-state index in [0.29, 0.717) is 30.1 Å². The van der Waals surface area contributed by atoms with Crippen LogP contribution in [-0.4, -0.2) is 82.7 Å². The summed E-state index contributed by atoms with van der Waals surface area (Å²) in [6, 6.07) is 5.42. The summed E-state index contributed by atoms with van der Waals surface area (Å²) in [5, 5.41) is 10.9. The molecule has 9 heteroatoms. The molecule has 204 valence electrons. The minimum absolute atomic E-state index is 0.0861. The maximum Gasteiger partial charge on any atom is 0.253 e. The lowest BCUT2D eigenvalue weighted by atomic mass is 9.73. The standard InChI is InChI=1S/C29H36ClN3O5/c1-5-18(3)21(17-34)33-24-27(37)32(20-12-8-7-11-19(20)30)16-10-14-29(24)23(26(33)36)22-25(35)31(4)15-9-13-28(22,6-2)38-29/h7-14,18,21-24,34H,5-6,15-17H2,1-4H3/t18-,21-,22-,23-,24?,28+,29-/m0/s1. The van der Waals surface area contributed by atoms with E-state index in [9.17, 15) is 19.5 Å². The summed E-state index contributed by atoms with van der Waals surface area (Å²) in [4.78, 5) is 47.7. The number of rotatable bonds is 6. The van der Waals surface area contributed by atoms with Crippen molar-refractivity contribution in [3.05, 3.63) is 53.6 Å². The quantitative estimate of drug-likeness (QED) is 0.559. The second-order valence-electron chi connectivity index (χ2n) is 10.9. The lowest BCUT2D eigenvalue weighted by Crippen LogP contribution is -2.60. The van der Waals surface area contributed by atoms with Gasteiger partial charge in [0, 0.05) is 20.1 Å². The summed E-state index contributed by atoms with van der Waals surface area (Å²) in [5.41, 5.74) is -1.86. The van der Waals surface area contributed by atoms with Gasteiger partial charge in [0.25, 0.3) is 5.91 Å². The van der Waals surface area contributed by atoms with Crippen LogP contribution in [0.3, 0.4) is 0 Å². The Bertz CT molecular complexity index is 1200. The highest BCUT2D eigenvalue weighted by Gasteiger charge is 2.76. The highest BCUT2D eigenvalue weighted by atomic mass is 35.5. The van der Waals surface area contributed by atoms with Gasteiger partial charge in [-0.2, -0.15) is 0 Å². The molecule has 1 aromatic carbocycles. The molecular formula is C29H36ClN3O5. The van der Waals surface area contributed by atoms with Crippen LogP contribution in [0, 0.1) is 17.8 Å². The number of ether oxygens (including phenoxy) is 1. The SMILES string of the molecule is CC[C@H](C)[C@H](CO)N1C(=O)[C@@H]2[C@H]3C(=O)N(C)CC=C[C@@]3(CC)O[C@@]23C=CCN(c2ccccc2Cl)C(=O)C13. The van der Waals surface area contributed by atoms with E-state index in [-0.39, 0.29) is 36.8 Å².